The Bertz CT molecular complexity index is 462. The molecule has 9 heteroatoms. The topological polar surface area (TPSA) is 122 Å². The van der Waals surface area contributed by atoms with Crippen molar-refractivity contribution in [2.75, 3.05) is 6.61 Å². The average Bonchev–Trinajstić information content (AvgIpc) is 2.88. The molecule has 3 atom stereocenters. The molecule has 0 aromatic carbocycles. The lowest BCUT2D eigenvalue weighted by Gasteiger charge is -2.18. The highest BCUT2D eigenvalue weighted by Gasteiger charge is 2.43. The van der Waals surface area contributed by atoms with Gasteiger partial charge in [0.2, 0.25) is 10.0 Å². The maximum atomic E-state index is 12.0. The summed E-state index contributed by atoms with van der Waals surface area (Å²) < 4.78 is 26.3. The molecule has 0 aromatic heterocycles. The minimum Gasteiger partial charge on any atom is -0.481 e. The molecule has 1 aliphatic heterocycles. The molecule has 0 radical (unpaired) electrons. The zero-order valence-corrected chi connectivity index (χ0v) is 10.3. The van der Waals surface area contributed by atoms with Gasteiger partial charge in [-0.2, -0.15) is 4.72 Å². The Morgan fingerprint density at radius 3 is 2.72 bits per heavy atom. The van der Waals surface area contributed by atoms with Crippen LogP contribution >= 0.6 is 0 Å². The molecular weight excluding hydrogens is 264 g/mol. The van der Waals surface area contributed by atoms with Gasteiger partial charge in [0.05, 0.1) is 11.2 Å². The largest absolute Gasteiger partial charge is 0.481 e. The van der Waals surface area contributed by atoms with Gasteiger partial charge in [-0.05, 0) is 12.8 Å². The Kier molecular flexibility index (Phi) is 3.55. The number of hydroxylamine groups is 1. The van der Waals surface area contributed by atoms with Crippen LogP contribution in [0.1, 0.15) is 19.3 Å². The highest BCUT2D eigenvalue weighted by molar-refractivity contribution is 7.90. The summed E-state index contributed by atoms with van der Waals surface area (Å²) in [5.74, 6) is -2.59. The summed E-state index contributed by atoms with van der Waals surface area (Å²) in [4.78, 5) is 26.8. The number of aliphatic carboxylic acids is 1. The fourth-order valence-electron chi connectivity index (χ4n) is 2.30. The molecule has 2 unspecified atom stereocenters. The Morgan fingerprint density at radius 1 is 1.44 bits per heavy atom. The SMILES string of the molecule is O=C(O)C1CCCC1S(=O)(=O)N[C@@H]1CONC1=O. The second kappa shape index (κ2) is 4.82. The van der Waals surface area contributed by atoms with E-state index in [9.17, 15) is 18.0 Å². The monoisotopic (exact) mass is 278 g/mol. The molecule has 8 nitrogen and oxygen atoms in total. The molecule has 1 saturated heterocycles. The molecule has 3 N–H and O–H groups in total. The Hall–Kier alpha value is -1.19. The van der Waals surface area contributed by atoms with Crippen LogP contribution in [0, 0.1) is 5.92 Å². The maximum absolute atomic E-state index is 12.0. The number of carbonyl (C=O) groups excluding carboxylic acids is 1. The third kappa shape index (κ3) is 2.47. The van der Waals surface area contributed by atoms with E-state index in [1.807, 2.05) is 5.48 Å². The summed E-state index contributed by atoms with van der Waals surface area (Å²) in [5.41, 5.74) is 2.03. The van der Waals surface area contributed by atoms with Crippen molar-refractivity contribution in [1.29, 1.82) is 0 Å². The fraction of sp³-hybridized carbons (Fsp3) is 0.778. The molecule has 2 rings (SSSR count). The van der Waals surface area contributed by atoms with E-state index in [4.69, 9.17) is 5.11 Å². The van der Waals surface area contributed by atoms with Gasteiger partial charge in [0, 0.05) is 0 Å². The minimum absolute atomic E-state index is 0.0947. The molecule has 2 aliphatic rings. The molecule has 1 amide bonds. The van der Waals surface area contributed by atoms with E-state index in [0.29, 0.717) is 19.3 Å². The van der Waals surface area contributed by atoms with Gasteiger partial charge >= 0.3 is 5.97 Å². The first-order valence-electron chi connectivity index (χ1n) is 5.57. The predicted octanol–water partition coefficient (Wildman–Crippen LogP) is -1.41. The third-order valence-corrected chi connectivity index (χ3v) is 5.19. The number of sulfonamides is 1. The Morgan fingerprint density at radius 2 is 2.17 bits per heavy atom. The van der Waals surface area contributed by atoms with Crippen molar-refractivity contribution in [3.8, 4) is 0 Å². The smallest absolute Gasteiger partial charge is 0.307 e. The lowest BCUT2D eigenvalue weighted by Crippen LogP contribution is -2.47. The number of hydrogen-bond acceptors (Lipinski definition) is 5. The minimum atomic E-state index is -3.84. The van der Waals surface area contributed by atoms with Gasteiger partial charge in [-0.1, -0.05) is 6.42 Å². The first kappa shape index (κ1) is 13.2. The molecule has 0 spiro atoms. The first-order chi connectivity index (χ1) is 8.42. The van der Waals surface area contributed by atoms with Gasteiger partial charge in [-0.15, -0.1) is 0 Å². The normalized spacial score (nSPS) is 32.4. The number of carboxylic acid groups (broad SMARTS) is 1. The number of carbonyl (C=O) groups is 2. The van der Waals surface area contributed by atoms with Crippen molar-refractivity contribution in [3.05, 3.63) is 0 Å². The molecular formula is C9H14N2O6S. The summed E-state index contributed by atoms with van der Waals surface area (Å²) in [7, 11) is -3.84. The molecule has 102 valence electrons. The van der Waals surface area contributed by atoms with Crippen molar-refractivity contribution >= 4 is 21.9 Å². The van der Waals surface area contributed by atoms with Crippen LogP contribution in [0.2, 0.25) is 0 Å². The number of carboxylic acids is 1. The maximum Gasteiger partial charge on any atom is 0.307 e. The summed E-state index contributed by atoms with van der Waals surface area (Å²) in [5, 5.41) is 7.98. The highest BCUT2D eigenvalue weighted by atomic mass is 32.2. The van der Waals surface area contributed by atoms with E-state index in [1.165, 1.54) is 0 Å². The van der Waals surface area contributed by atoms with E-state index < -0.39 is 39.1 Å². The molecule has 18 heavy (non-hydrogen) atoms. The number of nitrogens with one attached hydrogen (secondary N) is 2. The number of hydrogen-bond donors (Lipinski definition) is 3. The van der Waals surface area contributed by atoms with E-state index in [1.54, 1.807) is 0 Å². The number of rotatable bonds is 4. The zero-order valence-electron chi connectivity index (χ0n) is 9.46. The van der Waals surface area contributed by atoms with Crippen LogP contribution in [0.15, 0.2) is 0 Å². The van der Waals surface area contributed by atoms with Gasteiger partial charge in [0.15, 0.2) is 0 Å². The van der Waals surface area contributed by atoms with Crippen molar-refractivity contribution in [2.45, 2.75) is 30.6 Å². The second-order valence-electron chi connectivity index (χ2n) is 4.41. The van der Waals surface area contributed by atoms with Crippen molar-refractivity contribution < 1.29 is 28.0 Å². The van der Waals surface area contributed by atoms with Crippen LogP contribution in [0.25, 0.3) is 0 Å². The lowest BCUT2D eigenvalue weighted by molar-refractivity contribution is -0.141. The van der Waals surface area contributed by atoms with Gasteiger partial charge in [-0.3, -0.25) is 14.4 Å². The molecule has 0 aromatic rings. The highest BCUT2D eigenvalue weighted by Crippen LogP contribution is 2.31. The number of amides is 1. The lowest BCUT2D eigenvalue weighted by atomic mass is 10.1. The van der Waals surface area contributed by atoms with E-state index >= 15 is 0 Å². The fourth-order valence-corrected chi connectivity index (χ4v) is 4.20. The predicted molar refractivity (Wildman–Crippen MR) is 58.7 cm³/mol. The van der Waals surface area contributed by atoms with E-state index in [0.717, 1.165) is 0 Å². The van der Waals surface area contributed by atoms with Crippen molar-refractivity contribution in [1.82, 2.24) is 10.2 Å². The van der Waals surface area contributed by atoms with Crippen LogP contribution in [-0.4, -0.2) is 43.3 Å². The summed E-state index contributed by atoms with van der Waals surface area (Å²) in [6, 6.07) is -0.981. The summed E-state index contributed by atoms with van der Waals surface area (Å²) in [6.45, 7) is -0.0947. The van der Waals surface area contributed by atoms with Crippen LogP contribution in [0.4, 0.5) is 0 Å². The molecule has 1 saturated carbocycles. The molecule has 0 bridgehead atoms. The van der Waals surface area contributed by atoms with Crippen molar-refractivity contribution in [3.63, 3.8) is 0 Å². The van der Waals surface area contributed by atoms with Gasteiger partial charge in [-0.25, -0.2) is 13.9 Å². The van der Waals surface area contributed by atoms with Gasteiger partial charge in [0.1, 0.15) is 12.6 Å². The quantitative estimate of drug-likeness (QED) is 0.580. The second-order valence-corrected chi connectivity index (χ2v) is 6.34. The van der Waals surface area contributed by atoms with Crippen molar-refractivity contribution in [2.24, 2.45) is 5.92 Å². The van der Waals surface area contributed by atoms with Crippen LogP contribution in [0.3, 0.4) is 0 Å². The Balaban J connectivity index is 2.10. The molecule has 2 fully saturated rings. The summed E-state index contributed by atoms with van der Waals surface area (Å²) in [6.07, 6.45) is 1.19. The van der Waals surface area contributed by atoms with Crippen LogP contribution in [0.5, 0.6) is 0 Å². The van der Waals surface area contributed by atoms with Crippen LogP contribution < -0.4 is 10.2 Å². The third-order valence-electron chi connectivity index (χ3n) is 3.21. The van der Waals surface area contributed by atoms with Gasteiger partial charge < -0.3 is 5.11 Å². The first-order valence-corrected chi connectivity index (χ1v) is 7.12. The Labute approximate surface area is 104 Å². The summed E-state index contributed by atoms with van der Waals surface area (Å²) >= 11 is 0. The molecule has 1 heterocycles. The van der Waals surface area contributed by atoms with Gasteiger partial charge in [0.25, 0.3) is 5.91 Å². The zero-order chi connectivity index (χ0) is 13.3. The average molecular weight is 278 g/mol. The van der Waals surface area contributed by atoms with E-state index in [-0.39, 0.29) is 6.61 Å². The van der Waals surface area contributed by atoms with E-state index in [2.05, 4.69) is 9.56 Å². The van der Waals surface area contributed by atoms with Crippen LogP contribution in [-0.2, 0) is 24.4 Å². The molecule has 1 aliphatic carbocycles. The standard InChI is InChI=1S/C9H14N2O6S/c12-8-6(4-17-10-8)11-18(15,16)7-3-1-2-5(7)9(13)14/h5-7,11H,1-4H2,(H,10,12)(H,13,14)/t5?,6-,7?/m1/s1.